The fourth-order valence-electron chi connectivity index (χ4n) is 1.01. The Balaban J connectivity index is 2.10. The van der Waals surface area contributed by atoms with E-state index in [-0.39, 0.29) is 0 Å². The molecule has 0 aliphatic rings. The van der Waals surface area contributed by atoms with Crippen LogP contribution in [0.5, 0.6) is 0 Å². The van der Waals surface area contributed by atoms with Crippen molar-refractivity contribution in [3.63, 3.8) is 0 Å². The Morgan fingerprint density at radius 3 is 2.85 bits per heavy atom. The molecule has 2 aromatic rings. The Labute approximate surface area is 79.4 Å². The van der Waals surface area contributed by atoms with Crippen LogP contribution >= 0.6 is 11.3 Å². The minimum Gasteiger partial charge on any atom is -0.424 e. The lowest BCUT2D eigenvalue weighted by molar-refractivity contribution is 0.459. The molecule has 4 nitrogen and oxygen atoms in total. The Hall–Kier alpha value is -1.20. The summed E-state index contributed by atoms with van der Waals surface area (Å²) in [7, 11) is 0. The van der Waals surface area contributed by atoms with E-state index in [1.54, 1.807) is 11.3 Å². The second-order valence-electron chi connectivity index (χ2n) is 2.60. The van der Waals surface area contributed by atoms with Crippen LogP contribution in [0.1, 0.15) is 17.3 Å². The topological polar surface area (TPSA) is 64.9 Å². The first-order valence-corrected chi connectivity index (χ1v) is 4.85. The van der Waals surface area contributed by atoms with Gasteiger partial charge < -0.3 is 10.2 Å². The molecule has 0 saturated carbocycles. The van der Waals surface area contributed by atoms with Gasteiger partial charge in [0.05, 0.1) is 13.0 Å². The van der Waals surface area contributed by atoms with Crippen LogP contribution in [0.3, 0.4) is 0 Å². The summed E-state index contributed by atoms with van der Waals surface area (Å²) < 4.78 is 5.26. The standard InChI is InChI=1S/C8H9N3OS/c9-4-8-11-10-7(12-8)3-6-1-2-13-5-6/h1-2,5H,3-4,9H2. The predicted molar refractivity (Wildman–Crippen MR) is 49.3 cm³/mol. The molecule has 0 spiro atoms. The van der Waals surface area contributed by atoms with Gasteiger partial charge in [-0.05, 0) is 22.4 Å². The molecule has 2 rings (SSSR count). The Bertz CT molecular complexity index is 368. The molecule has 2 heterocycles. The average molecular weight is 195 g/mol. The van der Waals surface area contributed by atoms with Crippen LogP contribution < -0.4 is 5.73 Å². The van der Waals surface area contributed by atoms with Gasteiger partial charge in [0.25, 0.3) is 0 Å². The third kappa shape index (κ3) is 1.93. The largest absolute Gasteiger partial charge is 0.424 e. The molecule has 2 N–H and O–H groups in total. The molecular formula is C8H9N3OS. The van der Waals surface area contributed by atoms with Gasteiger partial charge in [-0.3, -0.25) is 0 Å². The molecule has 68 valence electrons. The lowest BCUT2D eigenvalue weighted by Gasteiger charge is -1.88. The van der Waals surface area contributed by atoms with Crippen molar-refractivity contribution in [2.75, 3.05) is 0 Å². The second kappa shape index (κ2) is 3.68. The number of aromatic nitrogens is 2. The highest BCUT2D eigenvalue weighted by atomic mass is 32.1. The fourth-order valence-corrected chi connectivity index (χ4v) is 1.68. The summed E-state index contributed by atoms with van der Waals surface area (Å²) in [5.41, 5.74) is 6.53. The van der Waals surface area contributed by atoms with Crippen LogP contribution in [-0.4, -0.2) is 10.2 Å². The minimum atomic E-state index is 0.302. The van der Waals surface area contributed by atoms with Gasteiger partial charge in [-0.15, -0.1) is 10.2 Å². The van der Waals surface area contributed by atoms with Gasteiger partial charge in [-0.25, -0.2) is 0 Å². The molecule has 0 fully saturated rings. The number of thiophene rings is 1. The summed E-state index contributed by atoms with van der Waals surface area (Å²) in [6, 6.07) is 2.04. The van der Waals surface area contributed by atoms with Crippen LogP contribution in [-0.2, 0) is 13.0 Å². The zero-order chi connectivity index (χ0) is 9.10. The smallest absolute Gasteiger partial charge is 0.230 e. The van der Waals surface area contributed by atoms with Crippen molar-refractivity contribution < 1.29 is 4.42 Å². The molecule has 0 unspecified atom stereocenters. The maximum atomic E-state index is 5.34. The molecule has 0 aliphatic heterocycles. The number of hydrogen-bond acceptors (Lipinski definition) is 5. The first kappa shape index (κ1) is 8.40. The van der Waals surface area contributed by atoms with Gasteiger partial charge in [-0.1, -0.05) is 0 Å². The number of nitrogens with two attached hydrogens (primary N) is 1. The molecule has 0 saturated heterocycles. The van der Waals surface area contributed by atoms with E-state index in [0.717, 1.165) is 0 Å². The summed E-state index contributed by atoms with van der Waals surface area (Å²) in [5.74, 6) is 1.11. The van der Waals surface area contributed by atoms with E-state index in [0.29, 0.717) is 24.7 Å². The maximum Gasteiger partial charge on any atom is 0.230 e. The third-order valence-electron chi connectivity index (χ3n) is 1.62. The van der Waals surface area contributed by atoms with E-state index in [2.05, 4.69) is 15.6 Å². The second-order valence-corrected chi connectivity index (χ2v) is 3.38. The van der Waals surface area contributed by atoms with E-state index in [9.17, 15) is 0 Å². The zero-order valence-electron chi connectivity index (χ0n) is 6.93. The summed E-state index contributed by atoms with van der Waals surface area (Å²) in [4.78, 5) is 0. The van der Waals surface area contributed by atoms with Crippen molar-refractivity contribution >= 4 is 11.3 Å². The van der Waals surface area contributed by atoms with Crippen LogP contribution in [0.4, 0.5) is 0 Å². The van der Waals surface area contributed by atoms with E-state index < -0.39 is 0 Å². The Morgan fingerprint density at radius 2 is 2.23 bits per heavy atom. The number of nitrogens with zero attached hydrogens (tertiary/aromatic N) is 2. The highest BCUT2D eigenvalue weighted by molar-refractivity contribution is 7.07. The number of rotatable bonds is 3. The Morgan fingerprint density at radius 1 is 1.38 bits per heavy atom. The Kier molecular flexibility index (Phi) is 2.37. The summed E-state index contributed by atoms with van der Waals surface area (Å²) in [6.45, 7) is 0.302. The maximum absolute atomic E-state index is 5.34. The molecule has 0 aromatic carbocycles. The van der Waals surface area contributed by atoms with Crippen molar-refractivity contribution in [3.8, 4) is 0 Å². The first-order valence-electron chi connectivity index (χ1n) is 3.91. The molecule has 0 amide bonds. The van der Waals surface area contributed by atoms with E-state index in [1.807, 2.05) is 11.4 Å². The summed E-state index contributed by atoms with van der Waals surface area (Å²) in [6.07, 6.45) is 0.691. The molecular weight excluding hydrogens is 186 g/mol. The molecule has 0 radical (unpaired) electrons. The van der Waals surface area contributed by atoms with Crippen LogP contribution in [0.25, 0.3) is 0 Å². The van der Waals surface area contributed by atoms with Gasteiger partial charge in [0, 0.05) is 0 Å². The monoisotopic (exact) mass is 195 g/mol. The van der Waals surface area contributed by atoms with Crippen molar-refractivity contribution in [1.29, 1.82) is 0 Å². The highest BCUT2D eigenvalue weighted by Gasteiger charge is 2.04. The van der Waals surface area contributed by atoms with Crippen molar-refractivity contribution in [3.05, 3.63) is 34.2 Å². The number of hydrogen-bond donors (Lipinski definition) is 1. The normalized spacial score (nSPS) is 10.5. The van der Waals surface area contributed by atoms with Crippen molar-refractivity contribution in [2.45, 2.75) is 13.0 Å². The van der Waals surface area contributed by atoms with E-state index in [1.165, 1.54) is 5.56 Å². The zero-order valence-corrected chi connectivity index (χ0v) is 7.75. The van der Waals surface area contributed by atoms with E-state index in [4.69, 9.17) is 10.2 Å². The summed E-state index contributed by atoms with van der Waals surface area (Å²) >= 11 is 1.66. The fraction of sp³-hybridized carbons (Fsp3) is 0.250. The van der Waals surface area contributed by atoms with Gasteiger partial charge >= 0.3 is 0 Å². The summed E-state index contributed by atoms with van der Waals surface area (Å²) in [5, 5.41) is 11.7. The lowest BCUT2D eigenvalue weighted by Crippen LogP contribution is -1.95. The lowest BCUT2D eigenvalue weighted by atomic mass is 10.2. The molecule has 5 heteroatoms. The van der Waals surface area contributed by atoms with Crippen LogP contribution in [0.15, 0.2) is 21.2 Å². The predicted octanol–water partition coefficient (Wildman–Crippen LogP) is 1.18. The third-order valence-corrected chi connectivity index (χ3v) is 2.35. The molecule has 0 aliphatic carbocycles. The SMILES string of the molecule is NCc1nnc(Cc2ccsc2)o1. The quantitative estimate of drug-likeness (QED) is 0.798. The first-order chi connectivity index (χ1) is 6.38. The van der Waals surface area contributed by atoms with Crippen molar-refractivity contribution in [2.24, 2.45) is 5.73 Å². The molecule has 0 atom stereocenters. The van der Waals surface area contributed by atoms with Gasteiger partial charge in [0.2, 0.25) is 11.8 Å². The highest BCUT2D eigenvalue weighted by Crippen LogP contribution is 2.11. The van der Waals surface area contributed by atoms with E-state index >= 15 is 0 Å². The molecule has 2 aromatic heterocycles. The van der Waals surface area contributed by atoms with Gasteiger partial charge in [-0.2, -0.15) is 11.3 Å². The van der Waals surface area contributed by atoms with Gasteiger partial charge in [0.1, 0.15) is 0 Å². The molecule has 0 bridgehead atoms. The van der Waals surface area contributed by atoms with Crippen LogP contribution in [0.2, 0.25) is 0 Å². The average Bonchev–Trinajstić information content (AvgIpc) is 2.76. The van der Waals surface area contributed by atoms with Crippen LogP contribution in [0, 0.1) is 0 Å². The molecule has 13 heavy (non-hydrogen) atoms. The van der Waals surface area contributed by atoms with Crippen molar-refractivity contribution in [1.82, 2.24) is 10.2 Å². The minimum absolute atomic E-state index is 0.302. The van der Waals surface area contributed by atoms with Gasteiger partial charge in [0.15, 0.2) is 0 Å².